The Morgan fingerprint density at radius 1 is 1.09 bits per heavy atom. The van der Waals surface area contributed by atoms with E-state index in [9.17, 15) is 5.26 Å². The van der Waals surface area contributed by atoms with E-state index >= 15 is 0 Å². The number of aryl methyl sites for hydroxylation is 2. The van der Waals surface area contributed by atoms with Crippen LogP contribution in [0.5, 0.6) is 11.5 Å². The number of para-hydroxylation sites is 1. The molecule has 2 aromatic rings. The lowest BCUT2D eigenvalue weighted by molar-refractivity contribution is 0.304. The Kier molecular flexibility index (Phi) is 5.43. The van der Waals surface area contributed by atoms with Crippen LogP contribution in [0.25, 0.3) is 0 Å². The minimum absolute atomic E-state index is 0.234. The average molecular weight is 295 g/mol. The maximum Gasteiger partial charge on any atom is 0.123 e. The van der Waals surface area contributed by atoms with Crippen LogP contribution in [0.1, 0.15) is 29.0 Å². The Hall–Kier alpha value is -2.47. The Morgan fingerprint density at radius 2 is 1.77 bits per heavy atom. The third kappa shape index (κ3) is 4.02. The third-order valence-corrected chi connectivity index (χ3v) is 3.54. The number of ether oxygens (including phenoxy) is 2. The lowest BCUT2D eigenvalue weighted by Gasteiger charge is -2.14. The van der Waals surface area contributed by atoms with Crippen LogP contribution in [-0.4, -0.2) is 13.7 Å². The number of hydrogen-bond acceptors (Lipinski definition) is 3. The first-order valence-corrected chi connectivity index (χ1v) is 7.37. The number of nitriles is 1. The summed E-state index contributed by atoms with van der Waals surface area (Å²) in [6.07, 6.45) is 0.629. The molecule has 1 unspecified atom stereocenters. The Morgan fingerprint density at radius 3 is 2.41 bits per heavy atom. The maximum absolute atomic E-state index is 9.42. The van der Waals surface area contributed by atoms with Crippen molar-refractivity contribution < 1.29 is 9.47 Å². The van der Waals surface area contributed by atoms with E-state index in [2.05, 4.69) is 12.1 Å². The first-order valence-electron chi connectivity index (χ1n) is 7.37. The predicted molar refractivity (Wildman–Crippen MR) is 87.4 cm³/mol. The number of hydrogen-bond donors (Lipinski definition) is 0. The number of methoxy groups -OCH3 is 1. The van der Waals surface area contributed by atoms with Crippen molar-refractivity contribution in [3.8, 4) is 17.6 Å². The molecule has 2 aromatic carbocycles. The van der Waals surface area contributed by atoms with Gasteiger partial charge in [-0.2, -0.15) is 5.26 Å². The zero-order valence-electron chi connectivity index (χ0n) is 13.3. The lowest BCUT2D eigenvalue weighted by atomic mass is 9.96. The molecule has 1 atom stereocenters. The fraction of sp³-hybridized carbons (Fsp3) is 0.316. The third-order valence-electron chi connectivity index (χ3n) is 3.54. The van der Waals surface area contributed by atoms with Crippen LogP contribution in [0.2, 0.25) is 0 Å². The molecule has 2 rings (SSSR count). The van der Waals surface area contributed by atoms with Crippen LogP contribution >= 0.6 is 0 Å². The van der Waals surface area contributed by atoms with Crippen molar-refractivity contribution in [1.82, 2.24) is 0 Å². The highest BCUT2D eigenvalue weighted by molar-refractivity contribution is 5.39. The van der Waals surface area contributed by atoms with Crippen molar-refractivity contribution in [2.45, 2.75) is 26.2 Å². The smallest absolute Gasteiger partial charge is 0.123 e. The number of rotatable bonds is 6. The van der Waals surface area contributed by atoms with Crippen molar-refractivity contribution >= 4 is 0 Å². The highest BCUT2D eigenvalue weighted by Crippen LogP contribution is 2.28. The van der Waals surface area contributed by atoms with E-state index in [4.69, 9.17) is 9.47 Å². The van der Waals surface area contributed by atoms with Crippen molar-refractivity contribution in [2.24, 2.45) is 0 Å². The molecule has 0 amide bonds. The minimum Gasteiger partial charge on any atom is -0.496 e. The molecule has 22 heavy (non-hydrogen) atoms. The maximum atomic E-state index is 9.42. The van der Waals surface area contributed by atoms with Gasteiger partial charge in [-0.15, -0.1) is 0 Å². The fourth-order valence-electron chi connectivity index (χ4n) is 2.55. The SMILES string of the molecule is COc1ccccc1C(C#N)CCOc1cc(C)cc(C)c1. The molecule has 0 aliphatic carbocycles. The molecule has 0 saturated carbocycles. The van der Waals surface area contributed by atoms with Crippen LogP contribution in [0.3, 0.4) is 0 Å². The zero-order valence-corrected chi connectivity index (χ0v) is 13.3. The van der Waals surface area contributed by atoms with Crippen LogP contribution < -0.4 is 9.47 Å². The summed E-state index contributed by atoms with van der Waals surface area (Å²) in [5, 5.41) is 9.42. The summed E-state index contributed by atoms with van der Waals surface area (Å²) < 4.78 is 11.1. The van der Waals surface area contributed by atoms with Crippen LogP contribution in [0, 0.1) is 25.2 Å². The van der Waals surface area contributed by atoms with E-state index in [1.807, 2.05) is 50.2 Å². The Bertz CT molecular complexity index is 653. The molecule has 0 bridgehead atoms. The van der Waals surface area contributed by atoms with Gasteiger partial charge in [-0.1, -0.05) is 24.3 Å². The monoisotopic (exact) mass is 295 g/mol. The highest BCUT2D eigenvalue weighted by atomic mass is 16.5. The van der Waals surface area contributed by atoms with Gasteiger partial charge in [0.15, 0.2) is 0 Å². The molecule has 114 valence electrons. The lowest BCUT2D eigenvalue weighted by Crippen LogP contribution is -2.06. The van der Waals surface area contributed by atoms with Crippen LogP contribution in [0.4, 0.5) is 0 Å². The first-order chi connectivity index (χ1) is 10.6. The quantitative estimate of drug-likeness (QED) is 0.793. The molecule has 3 nitrogen and oxygen atoms in total. The summed E-state index contributed by atoms with van der Waals surface area (Å²) in [7, 11) is 1.62. The summed E-state index contributed by atoms with van der Waals surface area (Å²) in [6.45, 7) is 4.60. The van der Waals surface area contributed by atoms with Gasteiger partial charge in [0.1, 0.15) is 11.5 Å². The predicted octanol–water partition coefficient (Wildman–Crippen LogP) is 4.39. The minimum atomic E-state index is -0.234. The number of benzene rings is 2. The molecule has 0 aliphatic rings. The molecule has 0 radical (unpaired) electrons. The normalized spacial score (nSPS) is 11.5. The Labute approximate surface area is 132 Å². The van der Waals surface area contributed by atoms with Gasteiger partial charge in [0.05, 0.1) is 25.7 Å². The van der Waals surface area contributed by atoms with Gasteiger partial charge in [-0.25, -0.2) is 0 Å². The second kappa shape index (κ2) is 7.51. The van der Waals surface area contributed by atoms with E-state index in [1.54, 1.807) is 7.11 Å². The molecule has 0 aliphatic heterocycles. The molecule has 0 heterocycles. The van der Waals surface area contributed by atoms with E-state index in [0.717, 1.165) is 17.1 Å². The van der Waals surface area contributed by atoms with Gasteiger partial charge in [-0.3, -0.25) is 0 Å². The van der Waals surface area contributed by atoms with Gasteiger partial charge >= 0.3 is 0 Å². The molecule has 0 fully saturated rings. The first kappa shape index (κ1) is 15.9. The van der Waals surface area contributed by atoms with E-state index in [0.29, 0.717) is 13.0 Å². The summed E-state index contributed by atoms with van der Waals surface area (Å²) in [5.41, 5.74) is 3.27. The topological polar surface area (TPSA) is 42.2 Å². The second-order valence-corrected chi connectivity index (χ2v) is 5.38. The van der Waals surface area contributed by atoms with Crippen molar-refractivity contribution in [2.75, 3.05) is 13.7 Å². The van der Waals surface area contributed by atoms with Gasteiger partial charge in [0.2, 0.25) is 0 Å². The molecule has 0 aromatic heterocycles. The van der Waals surface area contributed by atoms with Crippen molar-refractivity contribution in [3.63, 3.8) is 0 Å². The number of nitrogens with zero attached hydrogens (tertiary/aromatic N) is 1. The molecule has 0 spiro atoms. The van der Waals surface area contributed by atoms with Gasteiger partial charge < -0.3 is 9.47 Å². The van der Waals surface area contributed by atoms with E-state index in [-0.39, 0.29) is 5.92 Å². The second-order valence-electron chi connectivity index (χ2n) is 5.38. The molecule has 0 N–H and O–H groups in total. The largest absolute Gasteiger partial charge is 0.496 e. The summed E-state index contributed by atoms with van der Waals surface area (Å²) >= 11 is 0. The summed E-state index contributed by atoms with van der Waals surface area (Å²) in [4.78, 5) is 0. The molecular weight excluding hydrogens is 274 g/mol. The summed E-state index contributed by atoms with van der Waals surface area (Å²) in [5.74, 6) is 1.37. The zero-order chi connectivity index (χ0) is 15.9. The van der Waals surface area contributed by atoms with Gasteiger partial charge in [0.25, 0.3) is 0 Å². The Balaban J connectivity index is 2.01. The van der Waals surface area contributed by atoms with Gasteiger partial charge in [0, 0.05) is 12.0 Å². The molecule has 3 heteroatoms. The highest BCUT2D eigenvalue weighted by Gasteiger charge is 2.15. The van der Waals surface area contributed by atoms with E-state index < -0.39 is 0 Å². The van der Waals surface area contributed by atoms with Crippen molar-refractivity contribution in [1.29, 1.82) is 5.26 Å². The molecule has 0 saturated heterocycles. The van der Waals surface area contributed by atoms with Crippen molar-refractivity contribution in [3.05, 3.63) is 59.2 Å². The van der Waals surface area contributed by atoms with Gasteiger partial charge in [-0.05, 0) is 43.2 Å². The van der Waals surface area contributed by atoms with E-state index in [1.165, 1.54) is 11.1 Å². The fourth-order valence-corrected chi connectivity index (χ4v) is 2.55. The summed E-state index contributed by atoms with van der Waals surface area (Å²) in [6, 6.07) is 16.1. The van der Waals surface area contributed by atoms with Crippen LogP contribution in [0.15, 0.2) is 42.5 Å². The standard InChI is InChI=1S/C19H21NO2/c1-14-10-15(2)12-17(11-14)22-9-8-16(13-20)18-6-4-5-7-19(18)21-3/h4-7,10-12,16H,8-9H2,1-3H3. The molecular formula is C19H21NO2. The average Bonchev–Trinajstić information content (AvgIpc) is 2.51. The van der Waals surface area contributed by atoms with Crippen LogP contribution in [-0.2, 0) is 0 Å².